The summed E-state index contributed by atoms with van der Waals surface area (Å²) in [6.45, 7) is 1.65. The molecule has 0 unspecified atom stereocenters. The Morgan fingerprint density at radius 2 is 2.00 bits per heavy atom. The fraction of sp³-hybridized carbons (Fsp3) is 0.500. The molecule has 1 aliphatic carbocycles. The van der Waals surface area contributed by atoms with Crippen LogP contribution in [0, 0.1) is 18.6 Å². The number of halogens is 2. The predicted molar refractivity (Wildman–Crippen MR) is 55.6 cm³/mol. The summed E-state index contributed by atoms with van der Waals surface area (Å²) in [6.07, 6.45) is 3.02. The van der Waals surface area contributed by atoms with E-state index < -0.39 is 11.6 Å². The van der Waals surface area contributed by atoms with Crippen LogP contribution in [0.2, 0.25) is 0 Å². The van der Waals surface area contributed by atoms with Gasteiger partial charge >= 0.3 is 0 Å². The number of hydrogen-bond acceptors (Lipinski definition) is 1. The zero-order valence-corrected chi connectivity index (χ0v) is 8.82. The molecule has 0 amide bonds. The lowest BCUT2D eigenvalue weighted by Gasteiger charge is -2.10. The van der Waals surface area contributed by atoms with Crippen molar-refractivity contribution in [1.82, 2.24) is 0 Å². The first-order valence-electron chi connectivity index (χ1n) is 5.24. The van der Waals surface area contributed by atoms with Gasteiger partial charge in [0.05, 0.1) is 0 Å². The van der Waals surface area contributed by atoms with Gasteiger partial charge in [-0.2, -0.15) is 0 Å². The van der Waals surface area contributed by atoms with E-state index in [4.69, 9.17) is 5.73 Å². The Morgan fingerprint density at radius 1 is 1.33 bits per heavy atom. The van der Waals surface area contributed by atoms with E-state index in [1.165, 1.54) is 12.1 Å². The summed E-state index contributed by atoms with van der Waals surface area (Å²) in [7, 11) is 0. The lowest BCUT2D eigenvalue weighted by atomic mass is 10.0. The van der Waals surface area contributed by atoms with Gasteiger partial charge in [-0.3, -0.25) is 0 Å². The summed E-state index contributed by atoms with van der Waals surface area (Å²) in [5, 5.41) is 0. The number of hydrogen-bond donors (Lipinski definition) is 1. The van der Waals surface area contributed by atoms with Crippen molar-refractivity contribution in [2.24, 2.45) is 5.73 Å². The van der Waals surface area contributed by atoms with Crippen LogP contribution in [0.5, 0.6) is 0 Å². The maximum Gasteiger partial charge on any atom is 0.132 e. The van der Waals surface area contributed by atoms with Crippen LogP contribution in [0.25, 0.3) is 0 Å². The monoisotopic (exact) mass is 211 g/mol. The Balaban J connectivity index is 2.16. The molecule has 1 saturated carbocycles. The Kier molecular flexibility index (Phi) is 2.51. The zero-order valence-electron chi connectivity index (χ0n) is 8.82. The van der Waals surface area contributed by atoms with Crippen molar-refractivity contribution in [3.05, 3.63) is 34.9 Å². The molecule has 0 saturated heterocycles. The second kappa shape index (κ2) is 3.56. The molecule has 0 bridgehead atoms. The van der Waals surface area contributed by atoms with E-state index in [2.05, 4.69) is 0 Å². The first-order chi connectivity index (χ1) is 7.02. The molecular weight excluding hydrogens is 196 g/mol. The topological polar surface area (TPSA) is 26.0 Å². The summed E-state index contributed by atoms with van der Waals surface area (Å²) in [4.78, 5) is 0. The number of aryl methyl sites for hydroxylation is 1. The molecule has 3 heteroatoms. The average molecular weight is 211 g/mol. The lowest BCUT2D eigenvalue weighted by Crippen LogP contribution is -2.22. The molecule has 15 heavy (non-hydrogen) atoms. The number of nitrogens with two attached hydrogens (primary N) is 1. The minimum Gasteiger partial charge on any atom is -0.325 e. The smallest absolute Gasteiger partial charge is 0.132 e. The normalized spacial score (nSPS) is 17.9. The quantitative estimate of drug-likeness (QED) is 0.817. The summed E-state index contributed by atoms with van der Waals surface area (Å²) in [6, 6.07) is 2.79. The predicted octanol–water partition coefficient (Wildman–Crippen LogP) is 2.70. The van der Waals surface area contributed by atoms with Gasteiger partial charge in [0.2, 0.25) is 0 Å². The molecule has 0 radical (unpaired) electrons. The van der Waals surface area contributed by atoms with E-state index in [-0.39, 0.29) is 11.1 Å². The summed E-state index contributed by atoms with van der Waals surface area (Å²) in [5.74, 6) is -0.874. The third-order valence-corrected chi connectivity index (χ3v) is 3.14. The third-order valence-electron chi connectivity index (χ3n) is 3.14. The summed E-state index contributed by atoms with van der Waals surface area (Å²) >= 11 is 0. The van der Waals surface area contributed by atoms with Crippen LogP contribution in [0.1, 0.15) is 30.4 Å². The van der Waals surface area contributed by atoms with Gasteiger partial charge in [0.25, 0.3) is 0 Å². The minimum atomic E-state index is -0.456. The third kappa shape index (κ3) is 2.17. The van der Waals surface area contributed by atoms with Crippen molar-refractivity contribution in [2.75, 3.05) is 0 Å². The van der Waals surface area contributed by atoms with Gasteiger partial charge in [-0.1, -0.05) is 6.07 Å². The highest BCUT2D eigenvalue weighted by Crippen LogP contribution is 2.37. The largest absolute Gasteiger partial charge is 0.325 e. The second-order valence-electron chi connectivity index (χ2n) is 4.52. The highest BCUT2D eigenvalue weighted by atomic mass is 19.1. The second-order valence-corrected chi connectivity index (χ2v) is 4.52. The van der Waals surface area contributed by atoms with Crippen LogP contribution < -0.4 is 5.73 Å². The summed E-state index contributed by atoms with van der Waals surface area (Å²) in [5.41, 5.74) is 6.42. The van der Waals surface area contributed by atoms with E-state index in [1.807, 2.05) is 0 Å². The molecule has 0 atom stereocenters. The molecular formula is C12H15F2N. The SMILES string of the molecule is Cc1ccc(F)c(CCC2(N)CC2)c1F. The first kappa shape index (κ1) is 10.6. The maximum absolute atomic E-state index is 13.6. The van der Waals surface area contributed by atoms with Crippen LogP contribution in [0.15, 0.2) is 12.1 Å². The highest BCUT2D eigenvalue weighted by molar-refractivity contribution is 5.27. The molecule has 0 heterocycles. The van der Waals surface area contributed by atoms with Crippen molar-refractivity contribution < 1.29 is 8.78 Å². The molecule has 0 aromatic heterocycles. The van der Waals surface area contributed by atoms with Gasteiger partial charge in [-0.05, 0) is 44.2 Å². The molecule has 0 aliphatic heterocycles. The van der Waals surface area contributed by atoms with Gasteiger partial charge in [0.15, 0.2) is 0 Å². The molecule has 1 aliphatic rings. The minimum absolute atomic E-state index is 0.150. The fourth-order valence-corrected chi connectivity index (χ4v) is 1.73. The number of rotatable bonds is 3. The Bertz CT molecular complexity index is 383. The van der Waals surface area contributed by atoms with Crippen LogP contribution >= 0.6 is 0 Å². The maximum atomic E-state index is 13.6. The van der Waals surface area contributed by atoms with Crippen molar-refractivity contribution in [3.63, 3.8) is 0 Å². The Labute approximate surface area is 88.3 Å². The van der Waals surface area contributed by atoms with Crippen LogP contribution in [-0.4, -0.2) is 5.54 Å². The van der Waals surface area contributed by atoms with Crippen LogP contribution in [0.3, 0.4) is 0 Å². The molecule has 2 rings (SSSR count). The number of benzene rings is 1. The molecule has 1 aromatic carbocycles. The molecule has 2 N–H and O–H groups in total. The Morgan fingerprint density at radius 3 is 2.60 bits per heavy atom. The van der Waals surface area contributed by atoms with Crippen molar-refractivity contribution >= 4 is 0 Å². The van der Waals surface area contributed by atoms with Gasteiger partial charge in [0, 0.05) is 11.1 Å². The molecule has 1 aromatic rings. The van der Waals surface area contributed by atoms with Gasteiger partial charge in [-0.15, -0.1) is 0 Å². The van der Waals surface area contributed by atoms with Gasteiger partial charge in [0.1, 0.15) is 11.6 Å². The van der Waals surface area contributed by atoms with Crippen molar-refractivity contribution in [3.8, 4) is 0 Å². The standard InChI is InChI=1S/C12H15F2N/c1-8-2-3-10(13)9(11(8)14)4-5-12(15)6-7-12/h2-3H,4-7,15H2,1H3. The van der Waals surface area contributed by atoms with E-state index in [1.54, 1.807) is 6.92 Å². The molecule has 0 spiro atoms. The lowest BCUT2D eigenvalue weighted by molar-refractivity contribution is 0.525. The van der Waals surface area contributed by atoms with E-state index in [0.717, 1.165) is 12.8 Å². The highest BCUT2D eigenvalue weighted by Gasteiger charge is 2.37. The fourth-order valence-electron chi connectivity index (χ4n) is 1.73. The Hall–Kier alpha value is -0.960. The summed E-state index contributed by atoms with van der Waals surface area (Å²) < 4.78 is 26.9. The molecule has 1 fully saturated rings. The van der Waals surface area contributed by atoms with Gasteiger partial charge < -0.3 is 5.73 Å². The molecule has 82 valence electrons. The van der Waals surface area contributed by atoms with Crippen molar-refractivity contribution in [2.45, 2.75) is 38.1 Å². The zero-order chi connectivity index (χ0) is 11.1. The van der Waals surface area contributed by atoms with Crippen LogP contribution in [0.4, 0.5) is 8.78 Å². The van der Waals surface area contributed by atoms with E-state index in [0.29, 0.717) is 18.4 Å². The van der Waals surface area contributed by atoms with E-state index >= 15 is 0 Å². The molecule has 1 nitrogen and oxygen atoms in total. The van der Waals surface area contributed by atoms with E-state index in [9.17, 15) is 8.78 Å². The average Bonchev–Trinajstić information content (AvgIpc) is 2.91. The van der Waals surface area contributed by atoms with Crippen molar-refractivity contribution in [1.29, 1.82) is 0 Å². The first-order valence-corrected chi connectivity index (χ1v) is 5.24. The van der Waals surface area contributed by atoms with Crippen LogP contribution in [-0.2, 0) is 6.42 Å². The van der Waals surface area contributed by atoms with Gasteiger partial charge in [-0.25, -0.2) is 8.78 Å².